The Morgan fingerprint density at radius 1 is 1.58 bits per heavy atom. The van der Waals surface area contributed by atoms with Gasteiger partial charge in [0.25, 0.3) is 0 Å². The SMILES string of the molecule is CCC1CN(c2ccc(C(=O)OC)cc2N)CCO1. The molecule has 1 atom stereocenters. The number of anilines is 2. The number of esters is 1. The zero-order valence-corrected chi connectivity index (χ0v) is 11.4. The van der Waals surface area contributed by atoms with Crippen LogP contribution in [-0.4, -0.2) is 38.9 Å². The van der Waals surface area contributed by atoms with Gasteiger partial charge in [-0.2, -0.15) is 0 Å². The summed E-state index contributed by atoms with van der Waals surface area (Å²) in [5.41, 5.74) is 8.07. The molecule has 0 amide bonds. The van der Waals surface area contributed by atoms with Gasteiger partial charge >= 0.3 is 5.97 Å². The van der Waals surface area contributed by atoms with E-state index in [-0.39, 0.29) is 12.1 Å². The number of nitrogens with two attached hydrogens (primary N) is 1. The van der Waals surface area contributed by atoms with E-state index in [2.05, 4.69) is 16.6 Å². The van der Waals surface area contributed by atoms with Crippen LogP contribution in [0.2, 0.25) is 0 Å². The van der Waals surface area contributed by atoms with E-state index in [0.29, 0.717) is 17.9 Å². The molecule has 1 aliphatic rings. The predicted molar refractivity (Wildman–Crippen MR) is 74.4 cm³/mol. The lowest BCUT2D eigenvalue weighted by Crippen LogP contribution is -2.42. The highest BCUT2D eigenvalue weighted by atomic mass is 16.5. The molecule has 0 saturated carbocycles. The highest BCUT2D eigenvalue weighted by Gasteiger charge is 2.21. The second kappa shape index (κ2) is 5.93. The maximum atomic E-state index is 11.4. The summed E-state index contributed by atoms with van der Waals surface area (Å²) in [5.74, 6) is -0.369. The zero-order chi connectivity index (χ0) is 13.8. The summed E-state index contributed by atoms with van der Waals surface area (Å²) < 4.78 is 10.3. The van der Waals surface area contributed by atoms with Crippen molar-refractivity contribution in [3.63, 3.8) is 0 Å². The molecular weight excluding hydrogens is 244 g/mol. The average Bonchev–Trinajstić information content (AvgIpc) is 2.46. The minimum absolute atomic E-state index is 0.244. The number of ether oxygens (including phenoxy) is 2. The Morgan fingerprint density at radius 3 is 3.00 bits per heavy atom. The molecule has 1 aromatic rings. The third-order valence-electron chi connectivity index (χ3n) is 3.38. The standard InChI is InChI=1S/C14H20N2O3/c1-3-11-9-16(6-7-19-11)13-5-4-10(8-12(13)15)14(17)18-2/h4-5,8,11H,3,6-7,9,15H2,1-2H3. The van der Waals surface area contributed by atoms with Crippen molar-refractivity contribution in [2.45, 2.75) is 19.4 Å². The molecule has 0 aromatic heterocycles. The summed E-state index contributed by atoms with van der Waals surface area (Å²) in [5, 5.41) is 0. The van der Waals surface area contributed by atoms with Crippen molar-refractivity contribution in [2.75, 3.05) is 37.4 Å². The molecule has 1 saturated heterocycles. The number of methoxy groups -OCH3 is 1. The maximum absolute atomic E-state index is 11.4. The van der Waals surface area contributed by atoms with Crippen LogP contribution in [0.5, 0.6) is 0 Å². The molecule has 5 nitrogen and oxygen atoms in total. The number of nitrogen functional groups attached to an aromatic ring is 1. The monoisotopic (exact) mass is 264 g/mol. The van der Waals surface area contributed by atoms with E-state index < -0.39 is 0 Å². The fourth-order valence-corrected chi connectivity index (χ4v) is 2.27. The Morgan fingerprint density at radius 2 is 2.37 bits per heavy atom. The Balaban J connectivity index is 2.18. The molecule has 19 heavy (non-hydrogen) atoms. The van der Waals surface area contributed by atoms with E-state index >= 15 is 0 Å². The topological polar surface area (TPSA) is 64.8 Å². The van der Waals surface area contributed by atoms with Crippen LogP contribution in [-0.2, 0) is 9.47 Å². The minimum Gasteiger partial charge on any atom is -0.465 e. The van der Waals surface area contributed by atoms with E-state index in [1.807, 2.05) is 6.07 Å². The number of hydrogen-bond donors (Lipinski definition) is 1. The Labute approximate surface area is 113 Å². The van der Waals surface area contributed by atoms with Crippen molar-refractivity contribution in [2.24, 2.45) is 0 Å². The third kappa shape index (κ3) is 2.98. The molecule has 2 N–H and O–H groups in total. The van der Waals surface area contributed by atoms with Crippen LogP contribution >= 0.6 is 0 Å². The first-order valence-corrected chi connectivity index (χ1v) is 6.50. The number of hydrogen-bond acceptors (Lipinski definition) is 5. The molecular formula is C14H20N2O3. The van der Waals surface area contributed by atoms with Crippen LogP contribution in [0.3, 0.4) is 0 Å². The van der Waals surface area contributed by atoms with Crippen LogP contribution in [0.25, 0.3) is 0 Å². The summed E-state index contributed by atoms with van der Waals surface area (Å²) in [4.78, 5) is 13.6. The molecule has 0 spiro atoms. The lowest BCUT2D eigenvalue weighted by atomic mass is 10.1. The van der Waals surface area contributed by atoms with Crippen molar-refractivity contribution in [3.05, 3.63) is 23.8 Å². The summed E-state index contributed by atoms with van der Waals surface area (Å²) in [6, 6.07) is 5.28. The Bertz CT molecular complexity index is 462. The van der Waals surface area contributed by atoms with Gasteiger partial charge in [-0.1, -0.05) is 6.92 Å². The highest BCUT2D eigenvalue weighted by molar-refractivity contribution is 5.92. The van der Waals surface area contributed by atoms with Crippen LogP contribution in [0.1, 0.15) is 23.7 Å². The molecule has 1 aliphatic heterocycles. The number of rotatable bonds is 3. The number of benzene rings is 1. The van der Waals surface area contributed by atoms with E-state index in [9.17, 15) is 4.79 Å². The normalized spacial score (nSPS) is 19.3. The van der Waals surface area contributed by atoms with Crippen LogP contribution in [0, 0.1) is 0 Å². The van der Waals surface area contributed by atoms with Crippen LogP contribution < -0.4 is 10.6 Å². The molecule has 104 valence electrons. The van der Waals surface area contributed by atoms with E-state index in [1.54, 1.807) is 12.1 Å². The lowest BCUT2D eigenvalue weighted by molar-refractivity contribution is 0.0384. The van der Waals surface area contributed by atoms with Gasteiger partial charge in [0, 0.05) is 13.1 Å². The molecule has 0 aliphatic carbocycles. The quantitative estimate of drug-likeness (QED) is 0.664. The van der Waals surface area contributed by atoms with Gasteiger partial charge in [0.2, 0.25) is 0 Å². The molecule has 0 radical (unpaired) electrons. The third-order valence-corrected chi connectivity index (χ3v) is 3.38. The summed E-state index contributed by atoms with van der Waals surface area (Å²) in [6.45, 7) is 4.46. The zero-order valence-electron chi connectivity index (χ0n) is 11.4. The van der Waals surface area contributed by atoms with E-state index in [0.717, 1.165) is 25.2 Å². The van der Waals surface area contributed by atoms with Gasteiger partial charge in [-0.3, -0.25) is 0 Å². The van der Waals surface area contributed by atoms with Gasteiger partial charge in [0.1, 0.15) is 0 Å². The number of carbonyl (C=O) groups excluding carboxylic acids is 1. The molecule has 2 rings (SSSR count). The Hall–Kier alpha value is -1.75. The number of carbonyl (C=O) groups is 1. The first-order valence-electron chi connectivity index (χ1n) is 6.50. The largest absolute Gasteiger partial charge is 0.465 e. The van der Waals surface area contributed by atoms with Crippen LogP contribution in [0.15, 0.2) is 18.2 Å². The van der Waals surface area contributed by atoms with E-state index in [1.165, 1.54) is 7.11 Å². The molecule has 0 bridgehead atoms. The van der Waals surface area contributed by atoms with Crippen molar-refractivity contribution < 1.29 is 14.3 Å². The highest BCUT2D eigenvalue weighted by Crippen LogP contribution is 2.26. The maximum Gasteiger partial charge on any atom is 0.337 e. The summed E-state index contributed by atoms with van der Waals surface area (Å²) in [6.07, 6.45) is 1.23. The molecule has 1 aromatic carbocycles. The Kier molecular flexibility index (Phi) is 4.27. The average molecular weight is 264 g/mol. The second-order valence-corrected chi connectivity index (χ2v) is 4.61. The lowest BCUT2D eigenvalue weighted by Gasteiger charge is -2.34. The molecule has 1 heterocycles. The number of morpholine rings is 1. The minimum atomic E-state index is -0.369. The van der Waals surface area contributed by atoms with Gasteiger partial charge in [-0.25, -0.2) is 4.79 Å². The van der Waals surface area contributed by atoms with Crippen molar-refractivity contribution in [3.8, 4) is 0 Å². The van der Waals surface area contributed by atoms with Crippen molar-refractivity contribution >= 4 is 17.3 Å². The van der Waals surface area contributed by atoms with Crippen LogP contribution in [0.4, 0.5) is 11.4 Å². The molecule has 1 fully saturated rings. The molecule has 1 unspecified atom stereocenters. The van der Waals surface area contributed by atoms with Crippen molar-refractivity contribution in [1.82, 2.24) is 0 Å². The second-order valence-electron chi connectivity index (χ2n) is 4.61. The number of nitrogens with zero attached hydrogens (tertiary/aromatic N) is 1. The van der Waals surface area contributed by atoms with E-state index in [4.69, 9.17) is 10.5 Å². The smallest absolute Gasteiger partial charge is 0.337 e. The predicted octanol–water partition coefficient (Wildman–Crippen LogP) is 1.67. The van der Waals surface area contributed by atoms with Gasteiger partial charge in [-0.05, 0) is 24.6 Å². The summed E-state index contributed by atoms with van der Waals surface area (Å²) >= 11 is 0. The fraction of sp³-hybridized carbons (Fsp3) is 0.500. The first kappa shape index (κ1) is 13.7. The van der Waals surface area contributed by atoms with Crippen molar-refractivity contribution in [1.29, 1.82) is 0 Å². The fourth-order valence-electron chi connectivity index (χ4n) is 2.27. The van der Waals surface area contributed by atoms with Gasteiger partial charge in [0.05, 0.1) is 36.8 Å². The molecule has 5 heteroatoms. The summed E-state index contributed by atoms with van der Waals surface area (Å²) in [7, 11) is 1.36. The van der Waals surface area contributed by atoms with Gasteiger partial charge < -0.3 is 20.1 Å². The van der Waals surface area contributed by atoms with Gasteiger partial charge in [0.15, 0.2) is 0 Å². The first-order chi connectivity index (χ1) is 9.15. The van der Waals surface area contributed by atoms with Gasteiger partial charge in [-0.15, -0.1) is 0 Å².